The average Bonchev–Trinajstić information content (AvgIpc) is 3.17. The van der Waals surface area contributed by atoms with E-state index in [1.807, 2.05) is 36.4 Å². The van der Waals surface area contributed by atoms with E-state index in [-0.39, 0.29) is 10.5 Å². The van der Waals surface area contributed by atoms with Gasteiger partial charge in [0.2, 0.25) is 0 Å². The number of aromatic nitrogens is 3. The Morgan fingerprint density at radius 3 is 1.42 bits per heavy atom. The summed E-state index contributed by atoms with van der Waals surface area (Å²) in [4.78, 5) is 17.4. The van der Waals surface area contributed by atoms with E-state index in [0.29, 0.717) is 17.5 Å². The van der Waals surface area contributed by atoms with Gasteiger partial charge in [0.25, 0.3) is 0 Å². The van der Waals surface area contributed by atoms with Crippen molar-refractivity contribution in [1.82, 2.24) is 15.0 Å². The first-order chi connectivity index (χ1) is 23.7. The number of fused-ring (bicyclic) bond motifs is 2. The largest absolute Gasteiger partial charge is 0.208 e. The average molecular weight is 632 g/mol. The smallest absolute Gasteiger partial charge is 0.164 e. The molecular weight excluding hydrogens is 603 g/mol. The fraction of sp³-hybridized carbons (Fsp3) is 0. The summed E-state index contributed by atoms with van der Waals surface area (Å²) in [5.74, 6) is 6.59. The molecule has 4 heteroatoms. The molecule has 7 aromatic carbocycles. The molecule has 1 aromatic heterocycles. The molecular formula is C44H29N3S. The molecule has 0 aliphatic carbocycles. The fourth-order valence-corrected chi connectivity index (χ4v) is 8.25. The first-order valence-electron chi connectivity index (χ1n) is 16.0. The highest BCUT2D eigenvalue weighted by Gasteiger charge is 2.21. The zero-order chi connectivity index (χ0) is 32.0. The zero-order valence-corrected chi connectivity index (χ0v) is 26.9. The van der Waals surface area contributed by atoms with Crippen LogP contribution in [0.3, 0.4) is 0 Å². The van der Waals surface area contributed by atoms with Crippen molar-refractivity contribution in [2.24, 2.45) is 0 Å². The van der Waals surface area contributed by atoms with Crippen LogP contribution < -0.4 is 0 Å². The lowest BCUT2D eigenvalue weighted by molar-refractivity contribution is 1.07. The molecule has 3 nitrogen and oxygen atoms in total. The van der Waals surface area contributed by atoms with E-state index in [4.69, 9.17) is 15.0 Å². The highest BCUT2D eigenvalue weighted by Crippen LogP contribution is 2.51. The molecule has 1 aliphatic heterocycles. The van der Waals surface area contributed by atoms with Gasteiger partial charge in [-0.2, -0.15) is 0 Å². The summed E-state index contributed by atoms with van der Waals surface area (Å²) in [7, 11) is -0.263. The summed E-state index contributed by atoms with van der Waals surface area (Å²) < 4.78 is 0. The maximum Gasteiger partial charge on any atom is 0.164 e. The van der Waals surface area contributed by atoms with Gasteiger partial charge in [-0.1, -0.05) is 158 Å². The van der Waals surface area contributed by atoms with Gasteiger partial charge < -0.3 is 0 Å². The van der Waals surface area contributed by atoms with Crippen molar-refractivity contribution in [2.75, 3.05) is 0 Å². The molecule has 0 saturated heterocycles. The molecule has 1 aliphatic rings. The summed E-state index contributed by atoms with van der Waals surface area (Å²) in [6.07, 6.45) is 0. The topological polar surface area (TPSA) is 38.7 Å². The SMILES string of the molecule is C=S1c2cc(-c3ccc(-c4nc(-c5ccccc5)nc(-c5ccc(-c6ccccc6)cc5)n4)cc3)ccc2-c2cccc3cccc1c23. The van der Waals surface area contributed by atoms with Gasteiger partial charge in [0.05, 0.1) is 0 Å². The Kier molecular flexibility index (Phi) is 6.88. The summed E-state index contributed by atoms with van der Waals surface area (Å²) in [5, 5.41) is 2.61. The second-order valence-electron chi connectivity index (χ2n) is 12.0. The Morgan fingerprint density at radius 1 is 0.354 bits per heavy atom. The van der Waals surface area contributed by atoms with Crippen molar-refractivity contribution in [3.8, 4) is 67.5 Å². The quantitative estimate of drug-likeness (QED) is 0.177. The second-order valence-corrected chi connectivity index (χ2v) is 13.6. The maximum absolute atomic E-state index is 4.98. The van der Waals surface area contributed by atoms with Gasteiger partial charge in [-0.05, 0) is 50.9 Å². The molecule has 0 spiro atoms. The van der Waals surface area contributed by atoms with E-state index in [9.17, 15) is 0 Å². The van der Waals surface area contributed by atoms with Gasteiger partial charge in [-0.3, -0.25) is 0 Å². The van der Waals surface area contributed by atoms with Gasteiger partial charge >= 0.3 is 0 Å². The van der Waals surface area contributed by atoms with Crippen LogP contribution in [0, 0.1) is 0 Å². The lowest BCUT2D eigenvalue weighted by atomic mass is 9.95. The van der Waals surface area contributed by atoms with Crippen LogP contribution in [-0.2, 0) is 0 Å². The van der Waals surface area contributed by atoms with Gasteiger partial charge in [-0.25, -0.2) is 15.0 Å². The Hall–Kier alpha value is -5.97. The Labute approximate surface area is 282 Å². The number of rotatable bonds is 5. The van der Waals surface area contributed by atoms with E-state index < -0.39 is 0 Å². The molecule has 8 aromatic rings. The molecule has 1 atom stereocenters. The fourth-order valence-electron chi connectivity index (χ4n) is 6.59. The molecule has 2 heterocycles. The lowest BCUT2D eigenvalue weighted by Crippen LogP contribution is -2.00. The predicted molar refractivity (Wildman–Crippen MR) is 201 cm³/mol. The summed E-state index contributed by atoms with van der Waals surface area (Å²) >= 11 is 0. The summed E-state index contributed by atoms with van der Waals surface area (Å²) in [6.45, 7) is 0. The first kappa shape index (κ1) is 28.3. The maximum atomic E-state index is 4.98. The van der Waals surface area contributed by atoms with E-state index >= 15 is 0 Å². The van der Waals surface area contributed by atoms with Crippen LogP contribution in [0.25, 0.3) is 78.3 Å². The molecule has 0 radical (unpaired) electrons. The highest BCUT2D eigenvalue weighted by atomic mass is 32.2. The zero-order valence-electron chi connectivity index (χ0n) is 26.0. The minimum atomic E-state index is -0.263. The minimum Gasteiger partial charge on any atom is -0.208 e. The van der Waals surface area contributed by atoms with Crippen LogP contribution in [0.4, 0.5) is 0 Å². The Bertz CT molecular complexity index is 2480. The molecule has 0 N–H and O–H groups in total. The number of nitrogens with zero attached hydrogens (tertiary/aromatic N) is 3. The van der Waals surface area contributed by atoms with Crippen molar-refractivity contribution in [3.63, 3.8) is 0 Å². The van der Waals surface area contributed by atoms with E-state index in [1.54, 1.807) is 0 Å². The molecule has 0 saturated carbocycles. The standard InChI is InChI=1S/C44H29N3S/c1-48-39-17-9-15-32-14-8-16-38(41(32)39)37-27-26-36(28-40(37)48)31-20-24-35(25-21-31)44-46-42(33-12-6-3-7-13-33)45-43(47-44)34-22-18-30(19-23-34)29-10-4-2-5-11-29/h2-28H,1H2. The van der Waals surface area contributed by atoms with E-state index in [2.05, 4.69) is 133 Å². The minimum absolute atomic E-state index is 0.263. The van der Waals surface area contributed by atoms with Crippen molar-refractivity contribution in [3.05, 3.63) is 164 Å². The van der Waals surface area contributed by atoms with Crippen molar-refractivity contribution in [1.29, 1.82) is 0 Å². The van der Waals surface area contributed by atoms with Crippen LogP contribution in [0.2, 0.25) is 0 Å². The predicted octanol–water partition coefficient (Wildman–Crippen LogP) is 11.5. The van der Waals surface area contributed by atoms with Gasteiger partial charge in [0.1, 0.15) is 0 Å². The van der Waals surface area contributed by atoms with E-state index in [1.165, 1.54) is 42.8 Å². The van der Waals surface area contributed by atoms with Crippen LogP contribution in [0.5, 0.6) is 0 Å². The molecule has 0 bridgehead atoms. The van der Waals surface area contributed by atoms with Crippen LogP contribution in [0.1, 0.15) is 0 Å². The van der Waals surface area contributed by atoms with Crippen LogP contribution in [-0.4, -0.2) is 20.8 Å². The number of hydrogen-bond acceptors (Lipinski definition) is 3. The molecule has 9 rings (SSSR count). The number of hydrogen-bond donors (Lipinski definition) is 0. The first-order valence-corrected chi connectivity index (χ1v) is 17.4. The van der Waals surface area contributed by atoms with Crippen molar-refractivity contribution >= 4 is 27.1 Å². The molecule has 0 fully saturated rings. The summed E-state index contributed by atoms with van der Waals surface area (Å²) in [5.41, 5.74) is 10.1. The second kappa shape index (κ2) is 11.7. The van der Waals surface area contributed by atoms with Gasteiger partial charge in [0, 0.05) is 31.9 Å². The van der Waals surface area contributed by atoms with Crippen molar-refractivity contribution in [2.45, 2.75) is 9.79 Å². The third-order valence-electron chi connectivity index (χ3n) is 9.06. The normalized spacial score (nSPS) is 13.3. The lowest BCUT2D eigenvalue weighted by Gasteiger charge is -2.24. The third-order valence-corrected chi connectivity index (χ3v) is 10.8. The summed E-state index contributed by atoms with van der Waals surface area (Å²) in [6, 6.07) is 57.4. The van der Waals surface area contributed by atoms with Crippen LogP contribution >= 0.6 is 10.5 Å². The molecule has 48 heavy (non-hydrogen) atoms. The van der Waals surface area contributed by atoms with Gasteiger partial charge in [0.15, 0.2) is 17.5 Å². The monoisotopic (exact) mass is 631 g/mol. The third kappa shape index (κ3) is 4.95. The highest BCUT2D eigenvalue weighted by molar-refractivity contribution is 8.14. The van der Waals surface area contributed by atoms with Crippen molar-refractivity contribution < 1.29 is 0 Å². The molecule has 226 valence electrons. The van der Waals surface area contributed by atoms with Crippen LogP contribution in [0.15, 0.2) is 174 Å². The molecule has 0 amide bonds. The Morgan fingerprint density at radius 2 is 0.812 bits per heavy atom. The molecule has 1 unspecified atom stereocenters. The van der Waals surface area contributed by atoms with Gasteiger partial charge in [-0.15, -0.1) is 10.5 Å². The number of benzene rings is 7. The van der Waals surface area contributed by atoms with E-state index in [0.717, 1.165) is 27.8 Å². The Balaban J connectivity index is 1.08.